The number of nitrogens with zero attached hydrogens (tertiary/aromatic N) is 2. The number of hydrogen-bond donors (Lipinski definition) is 1. The highest BCUT2D eigenvalue weighted by Crippen LogP contribution is 2.27. The van der Waals surface area contributed by atoms with E-state index in [0.29, 0.717) is 30.6 Å². The first-order chi connectivity index (χ1) is 14.8. The number of nitrogens with one attached hydrogen (secondary N) is 1. The number of carbonyl (C=O) groups excluding carboxylic acids is 1. The van der Waals surface area contributed by atoms with Crippen molar-refractivity contribution in [2.24, 2.45) is 13.0 Å². The lowest BCUT2D eigenvalue weighted by Crippen LogP contribution is -2.41. The summed E-state index contributed by atoms with van der Waals surface area (Å²) in [6.45, 7) is 2.64. The minimum Gasteiger partial charge on any atom is -0.326 e. The van der Waals surface area contributed by atoms with Crippen molar-refractivity contribution in [3.8, 4) is 0 Å². The predicted octanol–water partition coefficient (Wildman–Crippen LogP) is 3.20. The lowest BCUT2D eigenvalue weighted by molar-refractivity contribution is -0.120. The average molecular weight is 460 g/mol. The van der Waals surface area contributed by atoms with Crippen LogP contribution in [-0.4, -0.2) is 36.3 Å². The molecule has 0 atom stereocenters. The van der Waals surface area contributed by atoms with Crippen molar-refractivity contribution in [1.29, 1.82) is 0 Å². The van der Waals surface area contributed by atoms with Crippen molar-refractivity contribution in [3.63, 3.8) is 0 Å². The Bertz CT molecular complexity index is 1290. The molecule has 2 aromatic carbocycles. The molecule has 0 aliphatic carbocycles. The van der Waals surface area contributed by atoms with Crippen LogP contribution in [0.5, 0.6) is 0 Å². The molecule has 0 spiro atoms. The number of rotatable bonds is 5. The summed E-state index contributed by atoms with van der Waals surface area (Å²) in [4.78, 5) is 24.6. The Morgan fingerprint density at radius 2 is 1.90 bits per heavy atom. The van der Waals surface area contributed by atoms with Crippen LogP contribution in [0.3, 0.4) is 0 Å². The van der Waals surface area contributed by atoms with Gasteiger partial charge in [-0.05, 0) is 55.2 Å². The molecule has 3 aromatic rings. The summed E-state index contributed by atoms with van der Waals surface area (Å²) in [6.07, 6.45) is 1.84. The van der Waals surface area contributed by atoms with Crippen LogP contribution in [0, 0.1) is 5.92 Å². The van der Waals surface area contributed by atoms with E-state index < -0.39 is 10.0 Å². The summed E-state index contributed by atoms with van der Waals surface area (Å²) in [7, 11) is -2.01. The van der Waals surface area contributed by atoms with E-state index >= 15 is 0 Å². The van der Waals surface area contributed by atoms with Crippen molar-refractivity contribution < 1.29 is 13.2 Å². The molecule has 0 radical (unpaired) electrons. The number of amides is 1. The molecule has 9 heteroatoms. The molecule has 31 heavy (non-hydrogen) atoms. The zero-order chi connectivity index (χ0) is 22.2. The van der Waals surface area contributed by atoms with Gasteiger partial charge in [0.15, 0.2) is 0 Å². The number of sulfonamides is 1. The third-order valence-electron chi connectivity index (χ3n) is 5.83. The Balaban J connectivity index is 1.44. The van der Waals surface area contributed by atoms with Crippen molar-refractivity contribution in [1.82, 2.24) is 8.87 Å². The van der Waals surface area contributed by atoms with Crippen molar-refractivity contribution in [2.75, 3.05) is 18.4 Å². The summed E-state index contributed by atoms with van der Waals surface area (Å²) in [6, 6.07) is 12.6. The molecular formula is C22H25N3O4S2. The Kier molecular flexibility index (Phi) is 6.00. The molecule has 164 valence electrons. The molecule has 1 saturated heterocycles. The number of piperidine rings is 1. The van der Waals surface area contributed by atoms with Crippen molar-refractivity contribution in [2.45, 2.75) is 31.1 Å². The molecule has 0 saturated carbocycles. The van der Waals surface area contributed by atoms with Gasteiger partial charge in [-0.3, -0.25) is 9.59 Å². The number of carbonyl (C=O) groups is 1. The molecule has 7 nitrogen and oxygen atoms in total. The van der Waals surface area contributed by atoms with Crippen molar-refractivity contribution >= 4 is 43.2 Å². The quantitative estimate of drug-likeness (QED) is 0.635. The van der Waals surface area contributed by atoms with Gasteiger partial charge in [-0.25, -0.2) is 8.42 Å². The second-order valence-electron chi connectivity index (χ2n) is 7.78. The predicted molar refractivity (Wildman–Crippen MR) is 123 cm³/mol. The summed E-state index contributed by atoms with van der Waals surface area (Å²) in [5.41, 5.74) is 2.64. The highest BCUT2D eigenvalue weighted by Gasteiger charge is 2.32. The van der Waals surface area contributed by atoms with Gasteiger partial charge in [0.2, 0.25) is 15.9 Å². The summed E-state index contributed by atoms with van der Waals surface area (Å²) in [5.74, 6) is -0.292. The first kappa shape index (κ1) is 21.7. The van der Waals surface area contributed by atoms with Crippen LogP contribution in [0.1, 0.15) is 25.3 Å². The molecule has 1 amide bonds. The van der Waals surface area contributed by atoms with Gasteiger partial charge < -0.3 is 9.88 Å². The zero-order valence-corrected chi connectivity index (χ0v) is 19.1. The van der Waals surface area contributed by atoms with Gasteiger partial charge in [0.25, 0.3) is 0 Å². The fourth-order valence-corrected chi connectivity index (χ4v) is 6.39. The third-order valence-corrected chi connectivity index (χ3v) is 8.72. The van der Waals surface area contributed by atoms with Crippen LogP contribution in [0.2, 0.25) is 0 Å². The fraction of sp³-hybridized carbons (Fsp3) is 0.364. The van der Waals surface area contributed by atoms with Crippen LogP contribution in [0.25, 0.3) is 10.2 Å². The molecule has 2 heterocycles. The topological polar surface area (TPSA) is 88.5 Å². The molecule has 0 unspecified atom stereocenters. The van der Waals surface area contributed by atoms with E-state index in [4.69, 9.17) is 0 Å². The van der Waals surface area contributed by atoms with Crippen LogP contribution in [0.15, 0.2) is 52.2 Å². The lowest BCUT2D eigenvalue weighted by atomic mass is 9.97. The highest BCUT2D eigenvalue weighted by atomic mass is 32.2. The van der Waals surface area contributed by atoms with E-state index in [2.05, 4.69) is 12.2 Å². The SMILES string of the molecule is CCc1cccc(NC(=O)C2CCN(S(=O)(=O)c3ccc4c(c3)sc(=O)n4C)CC2)c1. The molecule has 1 fully saturated rings. The number of thiazole rings is 1. The van der Waals surface area contributed by atoms with E-state index in [9.17, 15) is 18.0 Å². The molecule has 1 aromatic heterocycles. The van der Waals surface area contributed by atoms with Gasteiger partial charge in [-0.2, -0.15) is 4.31 Å². The number of anilines is 1. The molecule has 1 aliphatic heterocycles. The number of fused-ring (bicyclic) bond motifs is 1. The average Bonchev–Trinajstić information content (AvgIpc) is 3.07. The van der Waals surface area contributed by atoms with Gasteiger partial charge in [0.05, 0.1) is 15.1 Å². The number of aromatic nitrogens is 1. The minimum absolute atomic E-state index is 0.0687. The fourth-order valence-electron chi connectivity index (χ4n) is 3.90. The largest absolute Gasteiger partial charge is 0.326 e. The standard InChI is InChI=1S/C22H25N3O4S2/c1-3-15-5-4-6-17(13-15)23-21(26)16-9-11-25(12-10-16)31(28,29)18-7-8-19-20(14-18)30-22(27)24(19)2/h4-8,13-14,16H,3,9-12H2,1-2H3,(H,23,26). The second kappa shape index (κ2) is 8.57. The summed E-state index contributed by atoms with van der Waals surface area (Å²) >= 11 is 1.03. The zero-order valence-electron chi connectivity index (χ0n) is 17.5. The summed E-state index contributed by atoms with van der Waals surface area (Å²) in [5, 5.41) is 2.96. The smallest absolute Gasteiger partial charge is 0.307 e. The third kappa shape index (κ3) is 4.30. The van der Waals surface area contributed by atoms with Gasteiger partial charge in [0, 0.05) is 31.7 Å². The maximum absolute atomic E-state index is 13.1. The van der Waals surface area contributed by atoms with Gasteiger partial charge in [0.1, 0.15) is 0 Å². The highest BCUT2D eigenvalue weighted by molar-refractivity contribution is 7.89. The lowest BCUT2D eigenvalue weighted by Gasteiger charge is -2.30. The van der Waals surface area contributed by atoms with E-state index in [1.807, 2.05) is 24.3 Å². The second-order valence-corrected chi connectivity index (χ2v) is 10.7. The van der Waals surface area contributed by atoms with Gasteiger partial charge >= 0.3 is 4.87 Å². The first-order valence-electron chi connectivity index (χ1n) is 10.3. The van der Waals surface area contributed by atoms with Crippen LogP contribution >= 0.6 is 11.3 Å². The van der Waals surface area contributed by atoms with Crippen molar-refractivity contribution in [3.05, 3.63) is 57.7 Å². The van der Waals surface area contributed by atoms with Gasteiger partial charge in [-0.1, -0.05) is 30.4 Å². The molecule has 1 N–H and O–H groups in total. The maximum atomic E-state index is 13.1. The van der Waals surface area contributed by atoms with Crippen LogP contribution in [0.4, 0.5) is 5.69 Å². The van der Waals surface area contributed by atoms with E-state index in [0.717, 1.165) is 34.5 Å². The maximum Gasteiger partial charge on any atom is 0.307 e. The summed E-state index contributed by atoms with van der Waals surface area (Å²) < 4.78 is 29.8. The normalized spacial score (nSPS) is 15.9. The monoisotopic (exact) mass is 459 g/mol. The molecular weight excluding hydrogens is 434 g/mol. The Hall–Kier alpha value is -2.49. The molecule has 0 bridgehead atoms. The number of aryl methyl sites for hydroxylation is 2. The Morgan fingerprint density at radius 3 is 2.61 bits per heavy atom. The minimum atomic E-state index is -3.68. The van der Waals surface area contributed by atoms with E-state index in [-0.39, 0.29) is 21.6 Å². The number of hydrogen-bond acceptors (Lipinski definition) is 5. The van der Waals surface area contributed by atoms with Gasteiger partial charge in [-0.15, -0.1) is 0 Å². The number of benzene rings is 2. The molecule has 4 rings (SSSR count). The van der Waals surface area contributed by atoms with E-state index in [1.165, 1.54) is 8.87 Å². The van der Waals surface area contributed by atoms with Crippen LogP contribution in [-0.2, 0) is 28.3 Å². The Labute approximate surface area is 185 Å². The molecule has 1 aliphatic rings. The first-order valence-corrected chi connectivity index (χ1v) is 12.5. The Morgan fingerprint density at radius 1 is 1.16 bits per heavy atom. The van der Waals surface area contributed by atoms with Crippen LogP contribution < -0.4 is 10.2 Å². The van der Waals surface area contributed by atoms with E-state index in [1.54, 1.807) is 25.2 Å².